The first-order valence-corrected chi connectivity index (χ1v) is 15.6. The quantitative estimate of drug-likeness (QED) is 0.263. The Morgan fingerprint density at radius 3 is 2.12 bits per heavy atom. The summed E-state index contributed by atoms with van der Waals surface area (Å²) in [4.78, 5) is 64.5. The first-order valence-electron chi connectivity index (χ1n) is 15.6. The van der Waals surface area contributed by atoms with Gasteiger partial charge in [0.2, 0.25) is 5.91 Å². The minimum absolute atomic E-state index is 0.0953. The van der Waals surface area contributed by atoms with Crippen molar-refractivity contribution in [2.24, 2.45) is 11.8 Å². The van der Waals surface area contributed by atoms with Gasteiger partial charge in [0.25, 0.3) is 0 Å². The molecule has 0 saturated heterocycles. The fourth-order valence-electron chi connectivity index (χ4n) is 6.17. The fraction of sp³-hybridized carbons (Fsp3) is 0.306. The van der Waals surface area contributed by atoms with Crippen LogP contribution in [-0.4, -0.2) is 103 Å². The lowest BCUT2D eigenvalue weighted by molar-refractivity contribution is -0.401. The lowest BCUT2D eigenvalue weighted by Crippen LogP contribution is -2.51. The number of hydrogen-bond acceptors (Lipinski definition) is 7. The average Bonchev–Trinajstić information content (AvgIpc) is 3.08. The SMILES string of the molecule is COc1cc(-c2cccc(-c3cccc(NC(=O)C4C=[N+](C)C(=O)N(C)C4=O)c3C)c2C)cc(F)c1CNCC1C=[N+](C)C(=O)N(C)C1=O. The molecule has 0 aliphatic carbocycles. The monoisotopic (exact) mass is 670 g/mol. The Bertz CT molecular complexity index is 1970. The van der Waals surface area contributed by atoms with E-state index in [4.69, 9.17) is 4.74 Å². The molecule has 3 aromatic carbocycles. The standard InChI is InChI=1S/C36H38FN6O6/c1-20-24(22-14-29(37)27(31(15-22)49-7)17-38-16-23-18-40(3)35(47)42(5)33(23)45)10-8-11-25(20)26-12-9-13-30(21(26)2)39-32(44)28-19-41(4)36(48)43(6)34(28)46/h8-15,18-19,23,28,38H,16-17H2,1-7H3/q+1/p+1. The zero-order chi connectivity index (χ0) is 35.7. The molecule has 2 aliphatic rings. The number of imide groups is 2. The highest BCUT2D eigenvalue weighted by atomic mass is 19.1. The highest BCUT2D eigenvalue weighted by Gasteiger charge is 2.43. The highest BCUT2D eigenvalue weighted by molar-refractivity contribution is 6.20. The Labute approximate surface area is 283 Å². The van der Waals surface area contributed by atoms with Crippen molar-refractivity contribution in [1.29, 1.82) is 0 Å². The van der Waals surface area contributed by atoms with Gasteiger partial charge in [-0.3, -0.25) is 4.79 Å². The number of benzene rings is 3. The average molecular weight is 671 g/mol. The molecular weight excluding hydrogens is 631 g/mol. The van der Waals surface area contributed by atoms with Gasteiger partial charge in [-0.25, -0.2) is 23.1 Å². The van der Waals surface area contributed by atoms with Crippen LogP contribution in [0.2, 0.25) is 0 Å². The molecule has 49 heavy (non-hydrogen) atoms. The van der Waals surface area contributed by atoms with Gasteiger partial charge in [0.05, 0.1) is 47.7 Å². The summed E-state index contributed by atoms with van der Waals surface area (Å²) < 4.78 is 23.9. The lowest BCUT2D eigenvalue weighted by atomic mass is 9.90. The van der Waals surface area contributed by atoms with Crippen LogP contribution in [0.4, 0.5) is 19.7 Å². The largest absolute Gasteiger partial charge is 0.499 e. The molecule has 5 rings (SSSR count). The first-order chi connectivity index (χ1) is 23.2. The smallest absolute Gasteiger partial charge is 0.496 e. The van der Waals surface area contributed by atoms with Crippen LogP contribution in [0.15, 0.2) is 48.5 Å². The molecule has 2 heterocycles. The van der Waals surface area contributed by atoms with Crippen molar-refractivity contribution in [1.82, 2.24) is 15.1 Å². The summed E-state index contributed by atoms with van der Waals surface area (Å²) in [6, 6.07) is 13.5. The van der Waals surface area contributed by atoms with Crippen LogP contribution in [0, 0.1) is 31.5 Å². The summed E-state index contributed by atoms with van der Waals surface area (Å²) in [6.07, 6.45) is 2.85. The second-order valence-electron chi connectivity index (χ2n) is 12.2. The second-order valence-corrected chi connectivity index (χ2v) is 12.2. The van der Waals surface area contributed by atoms with E-state index < -0.39 is 41.5 Å². The summed E-state index contributed by atoms with van der Waals surface area (Å²) >= 11 is 0. The maximum Gasteiger partial charge on any atom is 0.499 e. The number of carbonyl (C=O) groups excluding carboxylic acids is 5. The third-order valence-electron chi connectivity index (χ3n) is 9.05. The van der Waals surface area contributed by atoms with E-state index in [1.807, 2.05) is 38.1 Å². The normalized spacial score (nSPS) is 18.0. The Morgan fingerprint density at radius 1 is 0.857 bits per heavy atom. The first kappa shape index (κ1) is 34.8. The lowest BCUT2D eigenvalue weighted by Gasteiger charge is -2.21. The summed E-state index contributed by atoms with van der Waals surface area (Å²) in [6.45, 7) is 4.10. The molecule has 0 radical (unpaired) electrons. The minimum atomic E-state index is -1.16. The number of amides is 7. The van der Waals surface area contributed by atoms with E-state index >= 15 is 4.39 Å². The molecule has 13 heteroatoms. The van der Waals surface area contributed by atoms with Crippen molar-refractivity contribution in [2.45, 2.75) is 20.4 Å². The summed E-state index contributed by atoms with van der Waals surface area (Å²) in [5.74, 6) is -3.40. The molecule has 254 valence electrons. The molecule has 12 nitrogen and oxygen atoms in total. The van der Waals surface area contributed by atoms with Crippen LogP contribution < -0.4 is 15.4 Å². The number of carbonyl (C=O) groups is 5. The van der Waals surface area contributed by atoms with Gasteiger partial charge in [0.15, 0.2) is 5.92 Å². The molecular formula is C36H39FN6O6+2. The molecule has 2 N–H and O–H groups in total. The predicted octanol–water partition coefficient (Wildman–Crippen LogP) is 3.66. The molecule has 3 aromatic rings. The van der Waals surface area contributed by atoms with E-state index in [1.165, 1.54) is 49.7 Å². The summed E-state index contributed by atoms with van der Waals surface area (Å²) in [5, 5.41) is 5.97. The van der Waals surface area contributed by atoms with Crippen molar-refractivity contribution in [3.05, 3.63) is 71.0 Å². The van der Waals surface area contributed by atoms with Crippen LogP contribution in [0.5, 0.6) is 5.75 Å². The molecule has 0 saturated carbocycles. The van der Waals surface area contributed by atoms with E-state index in [0.717, 1.165) is 37.6 Å². The van der Waals surface area contributed by atoms with Crippen molar-refractivity contribution >= 4 is 47.9 Å². The molecule has 2 unspecified atom stereocenters. The van der Waals surface area contributed by atoms with Crippen LogP contribution >= 0.6 is 0 Å². The highest BCUT2D eigenvalue weighted by Crippen LogP contribution is 2.38. The van der Waals surface area contributed by atoms with Crippen molar-refractivity contribution in [3.8, 4) is 28.0 Å². The van der Waals surface area contributed by atoms with Gasteiger partial charge in [-0.1, -0.05) is 30.3 Å². The molecule has 0 spiro atoms. The van der Waals surface area contributed by atoms with Gasteiger partial charge in [-0.05, 0) is 65.4 Å². The Hall–Kier alpha value is -5.56. The Balaban J connectivity index is 1.39. The molecule has 0 fully saturated rings. The number of hydrogen-bond donors (Lipinski definition) is 2. The minimum Gasteiger partial charge on any atom is -0.496 e. The third-order valence-corrected chi connectivity index (χ3v) is 9.05. The van der Waals surface area contributed by atoms with Crippen LogP contribution in [0.25, 0.3) is 22.3 Å². The summed E-state index contributed by atoms with van der Waals surface area (Å²) in [7, 11) is 7.30. The van der Waals surface area contributed by atoms with Crippen LogP contribution in [0.3, 0.4) is 0 Å². The van der Waals surface area contributed by atoms with Gasteiger partial charge >= 0.3 is 23.9 Å². The summed E-state index contributed by atoms with van der Waals surface area (Å²) in [5.41, 5.74) is 5.52. The zero-order valence-electron chi connectivity index (χ0n) is 28.5. The molecule has 2 atom stereocenters. The number of urea groups is 2. The third kappa shape index (κ3) is 6.61. The number of methoxy groups -OCH3 is 1. The fourth-order valence-corrected chi connectivity index (χ4v) is 6.17. The topological polar surface area (TPSA) is 131 Å². The molecule has 7 amide bonds. The van der Waals surface area contributed by atoms with Crippen LogP contribution in [0.1, 0.15) is 16.7 Å². The van der Waals surface area contributed by atoms with E-state index in [0.29, 0.717) is 22.6 Å². The Morgan fingerprint density at radius 2 is 1.45 bits per heavy atom. The van der Waals surface area contributed by atoms with Crippen molar-refractivity contribution in [2.75, 3.05) is 47.2 Å². The maximum atomic E-state index is 15.7. The maximum absolute atomic E-state index is 15.7. The molecule has 0 bridgehead atoms. The van der Waals surface area contributed by atoms with Gasteiger partial charge < -0.3 is 15.4 Å². The number of ether oxygens (including phenoxy) is 1. The van der Waals surface area contributed by atoms with Crippen LogP contribution in [-0.2, 0) is 20.9 Å². The van der Waals surface area contributed by atoms with E-state index in [2.05, 4.69) is 10.6 Å². The second kappa shape index (κ2) is 13.9. The van der Waals surface area contributed by atoms with E-state index in [9.17, 15) is 24.0 Å². The number of nitrogens with zero attached hydrogens (tertiary/aromatic N) is 4. The number of halogens is 1. The molecule has 0 aromatic heterocycles. The van der Waals surface area contributed by atoms with Gasteiger partial charge in [-0.2, -0.15) is 19.4 Å². The number of anilines is 1. The predicted molar refractivity (Wildman–Crippen MR) is 181 cm³/mol. The van der Waals surface area contributed by atoms with E-state index in [1.54, 1.807) is 31.5 Å². The Kier molecular flexibility index (Phi) is 9.85. The number of rotatable bonds is 9. The van der Waals surface area contributed by atoms with Crippen molar-refractivity contribution < 1.29 is 42.3 Å². The van der Waals surface area contributed by atoms with Crippen molar-refractivity contribution in [3.63, 3.8) is 0 Å². The zero-order valence-corrected chi connectivity index (χ0v) is 28.5. The van der Waals surface area contributed by atoms with Gasteiger partial charge in [-0.15, -0.1) is 0 Å². The van der Waals surface area contributed by atoms with Gasteiger partial charge in [0.1, 0.15) is 17.5 Å². The number of nitrogens with one attached hydrogen (secondary N) is 2. The van der Waals surface area contributed by atoms with E-state index in [-0.39, 0.29) is 19.0 Å². The van der Waals surface area contributed by atoms with Gasteiger partial charge in [0, 0.05) is 24.3 Å². The molecule has 2 aliphatic heterocycles.